The fourth-order valence-electron chi connectivity index (χ4n) is 5.05. The van der Waals surface area contributed by atoms with Crippen molar-refractivity contribution < 1.29 is 24.2 Å². The quantitative estimate of drug-likeness (QED) is 0.298. The molecule has 0 unspecified atom stereocenters. The highest BCUT2D eigenvalue weighted by Gasteiger charge is 2.41. The van der Waals surface area contributed by atoms with E-state index >= 15 is 0 Å². The number of aromatic nitrogens is 2. The van der Waals surface area contributed by atoms with Gasteiger partial charge in [-0.25, -0.2) is 4.79 Å². The number of aryl methyl sites for hydroxylation is 1. The van der Waals surface area contributed by atoms with E-state index in [9.17, 15) is 14.7 Å². The number of hydrogen-bond acceptors (Lipinski definition) is 5. The normalized spacial score (nSPS) is 15.3. The number of carbonyl (C=O) groups is 2. The molecule has 0 aliphatic carbocycles. The number of carboxylic acids is 1. The molecule has 3 aromatic carbocycles. The lowest BCUT2D eigenvalue weighted by Crippen LogP contribution is -2.41. The maximum Gasteiger partial charge on any atom is 0.413 e. The van der Waals surface area contributed by atoms with E-state index in [1.807, 2.05) is 85.8 Å². The molecule has 1 saturated heterocycles. The van der Waals surface area contributed by atoms with E-state index < -0.39 is 23.6 Å². The van der Waals surface area contributed by atoms with Gasteiger partial charge in [-0.3, -0.25) is 14.8 Å². The van der Waals surface area contributed by atoms with Crippen molar-refractivity contribution in [1.29, 1.82) is 0 Å². The first-order valence-electron chi connectivity index (χ1n) is 12.9. The van der Waals surface area contributed by atoms with Crippen molar-refractivity contribution in [3.05, 3.63) is 96.2 Å². The fourth-order valence-corrected chi connectivity index (χ4v) is 5.05. The molecule has 1 aliphatic rings. The average Bonchev–Trinajstić information content (AvgIpc) is 3.33. The topological polar surface area (TPSA) is 103 Å². The first-order valence-corrected chi connectivity index (χ1v) is 12.9. The number of nitrogens with one attached hydrogen (secondary N) is 1. The van der Waals surface area contributed by atoms with Crippen molar-refractivity contribution >= 4 is 17.9 Å². The predicted octanol–water partition coefficient (Wildman–Crippen LogP) is 6.20. The molecule has 1 amide bonds. The Morgan fingerprint density at radius 1 is 0.949 bits per heavy atom. The number of carbonyl (C=O) groups excluding carboxylic acids is 1. The molecule has 8 heteroatoms. The molecule has 0 spiro atoms. The first-order chi connectivity index (χ1) is 18.9. The van der Waals surface area contributed by atoms with Crippen LogP contribution in [0.3, 0.4) is 0 Å². The summed E-state index contributed by atoms with van der Waals surface area (Å²) < 4.78 is 12.6. The molecule has 200 valence electrons. The first kappa shape index (κ1) is 26.2. The Kier molecular flexibility index (Phi) is 7.47. The van der Waals surface area contributed by atoms with E-state index in [0.29, 0.717) is 31.9 Å². The summed E-state index contributed by atoms with van der Waals surface area (Å²) in [6, 6.07) is 25.2. The molecule has 1 aromatic heterocycles. The molecule has 2 N–H and O–H groups in total. The molecular weight excluding hydrogens is 494 g/mol. The molecule has 2 heterocycles. The largest absolute Gasteiger partial charge is 0.481 e. The Labute approximate surface area is 227 Å². The zero-order valence-corrected chi connectivity index (χ0v) is 22.0. The Hall–Kier alpha value is -4.43. The highest BCUT2D eigenvalue weighted by Crippen LogP contribution is 2.37. The molecule has 0 saturated carbocycles. The predicted molar refractivity (Wildman–Crippen MR) is 148 cm³/mol. The molecule has 5 rings (SSSR count). The Balaban J connectivity index is 1.31. The van der Waals surface area contributed by atoms with Crippen molar-refractivity contribution in [2.45, 2.75) is 31.3 Å². The van der Waals surface area contributed by atoms with E-state index in [-0.39, 0.29) is 0 Å². The number of benzene rings is 3. The summed E-state index contributed by atoms with van der Waals surface area (Å²) in [7, 11) is 1.76. The summed E-state index contributed by atoms with van der Waals surface area (Å²) in [5.41, 5.74) is 4.46. The lowest BCUT2D eigenvalue weighted by Gasteiger charge is -2.33. The Morgan fingerprint density at radius 2 is 1.54 bits per heavy atom. The van der Waals surface area contributed by atoms with Crippen molar-refractivity contribution in [3.63, 3.8) is 0 Å². The van der Waals surface area contributed by atoms with Gasteiger partial charge < -0.3 is 14.6 Å². The zero-order valence-electron chi connectivity index (χ0n) is 22.0. The van der Waals surface area contributed by atoms with Gasteiger partial charge in [0.2, 0.25) is 0 Å². The highest BCUT2D eigenvalue weighted by atomic mass is 16.6. The van der Waals surface area contributed by atoms with Gasteiger partial charge in [-0.15, -0.1) is 0 Å². The number of nitrogens with zero attached hydrogens (tertiary/aromatic N) is 2. The standard InChI is InChI=1S/C31H31N3O5/c1-21(22-6-4-3-5-7-22)39-30(37)33-28-27(20-32-34(28)2)25-10-8-23(9-11-25)24-12-14-26(15-13-24)31(29(35)36)16-18-38-19-17-31/h3-15,20-21H,16-19H2,1-2H3,(H,33,37)(H,35,36)/t21-/m1/s1. The van der Waals surface area contributed by atoms with E-state index in [1.165, 1.54) is 0 Å². The van der Waals surface area contributed by atoms with Crippen LogP contribution in [0, 0.1) is 0 Å². The van der Waals surface area contributed by atoms with Gasteiger partial charge in [0.15, 0.2) is 0 Å². The molecule has 0 bridgehead atoms. The second-order valence-corrected chi connectivity index (χ2v) is 9.77. The van der Waals surface area contributed by atoms with Gasteiger partial charge in [-0.2, -0.15) is 5.10 Å². The van der Waals surface area contributed by atoms with Crippen LogP contribution in [0.5, 0.6) is 0 Å². The van der Waals surface area contributed by atoms with Crippen LogP contribution in [0.1, 0.15) is 37.0 Å². The molecule has 0 radical (unpaired) electrons. The van der Waals surface area contributed by atoms with Crippen molar-refractivity contribution in [3.8, 4) is 22.3 Å². The van der Waals surface area contributed by atoms with Gasteiger partial charge in [-0.05, 0) is 47.6 Å². The van der Waals surface area contributed by atoms with Gasteiger partial charge in [-0.1, -0.05) is 78.9 Å². The number of amides is 1. The molecule has 1 aliphatic heterocycles. The summed E-state index contributed by atoms with van der Waals surface area (Å²) in [5.74, 6) is -0.269. The number of carboxylic acid groups (broad SMARTS) is 1. The minimum Gasteiger partial charge on any atom is -0.481 e. The number of aliphatic carboxylic acids is 1. The summed E-state index contributed by atoms with van der Waals surface area (Å²) in [6.45, 7) is 2.73. The lowest BCUT2D eigenvalue weighted by atomic mass is 9.74. The second-order valence-electron chi connectivity index (χ2n) is 9.77. The summed E-state index contributed by atoms with van der Waals surface area (Å²) >= 11 is 0. The maximum atomic E-state index is 12.7. The highest BCUT2D eigenvalue weighted by molar-refractivity contribution is 5.90. The van der Waals surface area contributed by atoms with Crippen molar-refractivity contribution in [2.75, 3.05) is 18.5 Å². The third-order valence-electron chi connectivity index (χ3n) is 7.43. The van der Waals surface area contributed by atoms with E-state index in [4.69, 9.17) is 9.47 Å². The molecule has 8 nitrogen and oxygen atoms in total. The third kappa shape index (κ3) is 5.42. The Bertz CT molecular complexity index is 1440. The fraction of sp³-hybridized carbons (Fsp3) is 0.258. The molecule has 4 aromatic rings. The average molecular weight is 526 g/mol. The smallest absolute Gasteiger partial charge is 0.413 e. The van der Waals surface area contributed by atoms with E-state index in [2.05, 4.69) is 10.4 Å². The molecule has 1 fully saturated rings. The van der Waals surface area contributed by atoms with E-state index in [0.717, 1.165) is 33.4 Å². The van der Waals surface area contributed by atoms with Crippen LogP contribution in [0.15, 0.2) is 85.1 Å². The van der Waals surface area contributed by atoms with Crippen LogP contribution in [-0.4, -0.2) is 40.2 Å². The number of hydrogen-bond donors (Lipinski definition) is 2. The van der Waals surface area contributed by atoms with Crippen LogP contribution in [0.2, 0.25) is 0 Å². The summed E-state index contributed by atoms with van der Waals surface area (Å²) in [5, 5.41) is 17.1. The number of rotatable bonds is 7. The van der Waals surface area contributed by atoms with E-state index in [1.54, 1.807) is 17.9 Å². The van der Waals surface area contributed by atoms with Gasteiger partial charge in [0.25, 0.3) is 0 Å². The van der Waals surface area contributed by atoms with Gasteiger partial charge in [0.1, 0.15) is 11.9 Å². The summed E-state index contributed by atoms with van der Waals surface area (Å²) in [4.78, 5) is 24.8. The monoisotopic (exact) mass is 525 g/mol. The molecule has 39 heavy (non-hydrogen) atoms. The van der Waals surface area contributed by atoms with Gasteiger partial charge in [0, 0.05) is 25.8 Å². The van der Waals surface area contributed by atoms with Crippen LogP contribution in [0.4, 0.5) is 10.6 Å². The van der Waals surface area contributed by atoms with Crippen LogP contribution < -0.4 is 5.32 Å². The number of ether oxygens (including phenoxy) is 2. The minimum absolute atomic E-state index is 0.398. The third-order valence-corrected chi connectivity index (χ3v) is 7.43. The SMILES string of the molecule is C[C@@H](OC(=O)Nc1c(-c2ccc(-c3ccc(C4(C(=O)O)CCOCC4)cc3)cc2)cnn1C)c1ccccc1. The molecular formula is C31H31N3O5. The summed E-state index contributed by atoms with van der Waals surface area (Å²) in [6.07, 6.45) is 1.69. The van der Waals surface area contributed by atoms with Crippen LogP contribution >= 0.6 is 0 Å². The lowest BCUT2D eigenvalue weighted by molar-refractivity contribution is -0.147. The van der Waals surface area contributed by atoms with Gasteiger partial charge >= 0.3 is 12.1 Å². The zero-order chi connectivity index (χ0) is 27.4. The second kappa shape index (κ2) is 11.1. The van der Waals surface area contributed by atoms with Gasteiger partial charge in [0.05, 0.1) is 11.6 Å². The van der Waals surface area contributed by atoms with Crippen LogP contribution in [-0.2, 0) is 26.7 Å². The maximum absolute atomic E-state index is 12.7. The van der Waals surface area contributed by atoms with Crippen LogP contribution in [0.25, 0.3) is 22.3 Å². The number of anilines is 1. The molecule has 1 atom stereocenters. The minimum atomic E-state index is -0.898. The van der Waals surface area contributed by atoms with Crippen molar-refractivity contribution in [2.24, 2.45) is 7.05 Å². The Morgan fingerprint density at radius 3 is 2.15 bits per heavy atom. The van der Waals surface area contributed by atoms with Crippen molar-refractivity contribution in [1.82, 2.24) is 9.78 Å².